The van der Waals surface area contributed by atoms with E-state index in [2.05, 4.69) is 15.9 Å². The Morgan fingerprint density at radius 1 is 1.58 bits per heavy atom. The van der Waals surface area contributed by atoms with Gasteiger partial charge >= 0.3 is 0 Å². The molecule has 0 heterocycles. The Kier molecular flexibility index (Phi) is 2.32. The number of halogens is 2. The molecule has 3 nitrogen and oxygen atoms in total. The quantitative estimate of drug-likeness (QED) is 0.771. The van der Waals surface area contributed by atoms with E-state index in [9.17, 15) is 14.3 Å². The van der Waals surface area contributed by atoms with Crippen LogP contribution in [0.2, 0.25) is 0 Å². The van der Waals surface area contributed by atoms with Gasteiger partial charge < -0.3 is 10.8 Å². The van der Waals surface area contributed by atoms with Gasteiger partial charge in [0.15, 0.2) is 0 Å². The highest BCUT2D eigenvalue weighted by Gasteiger charge is 2.12. The number of carbonyl (C=O) groups excluding carboxylic acids is 1. The zero-order valence-corrected chi connectivity index (χ0v) is 7.43. The normalized spacial score (nSPS) is 9.83. The molecule has 1 aromatic rings. The molecule has 64 valence electrons. The summed E-state index contributed by atoms with van der Waals surface area (Å²) >= 11 is 2.87. The zero-order valence-electron chi connectivity index (χ0n) is 5.84. The van der Waals surface area contributed by atoms with Crippen molar-refractivity contribution < 1.29 is 14.3 Å². The van der Waals surface area contributed by atoms with Crippen LogP contribution in [-0.2, 0) is 0 Å². The first-order valence-corrected chi connectivity index (χ1v) is 3.79. The van der Waals surface area contributed by atoms with Gasteiger partial charge in [-0.2, -0.15) is 0 Å². The van der Waals surface area contributed by atoms with Gasteiger partial charge in [0.05, 0.1) is 10.0 Å². The van der Waals surface area contributed by atoms with Crippen LogP contribution in [0, 0.1) is 5.82 Å². The number of carbonyl (C=O) groups is 1. The molecule has 3 N–H and O–H groups in total. The highest BCUT2D eigenvalue weighted by atomic mass is 79.9. The third-order valence-corrected chi connectivity index (χ3v) is 1.90. The molecule has 0 spiro atoms. The summed E-state index contributed by atoms with van der Waals surface area (Å²) in [5.74, 6) is -1.84. The molecule has 1 aromatic carbocycles. The average Bonchev–Trinajstić information content (AvgIpc) is 1.96. The van der Waals surface area contributed by atoms with E-state index in [1.807, 2.05) is 0 Å². The van der Waals surface area contributed by atoms with Gasteiger partial charge in [-0.1, -0.05) is 0 Å². The lowest BCUT2D eigenvalue weighted by Crippen LogP contribution is -2.11. The van der Waals surface area contributed by atoms with Crippen LogP contribution < -0.4 is 5.73 Å². The number of amides is 1. The van der Waals surface area contributed by atoms with E-state index in [1.165, 1.54) is 0 Å². The first-order valence-electron chi connectivity index (χ1n) is 3.00. The van der Waals surface area contributed by atoms with Crippen LogP contribution in [0.25, 0.3) is 0 Å². The van der Waals surface area contributed by atoms with Crippen molar-refractivity contribution in [1.29, 1.82) is 0 Å². The summed E-state index contributed by atoms with van der Waals surface area (Å²) in [5, 5.41) is 9.18. The number of aromatic hydroxyl groups is 1. The van der Waals surface area contributed by atoms with Crippen LogP contribution in [0.4, 0.5) is 4.39 Å². The molecule has 1 rings (SSSR count). The average molecular weight is 234 g/mol. The molecule has 1 amide bonds. The predicted molar refractivity (Wildman–Crippen MR) is 44.3 cm³/mol. The van der Waals surface area contributed by atoms with E-state index in [0.29, 0.717) is 0 Å². The molecule has 0 aromatic heterocycles. The molecule has 12 heavy (non-hydrogen) atoms. The molecule has 0 unspecified atom stereocenters. The minimum atomic E-state index is -0.868. The van der Waals surface area contributed by atoms with Crippen molar-refractivity contribution in [3.63, 3.8) is 0 Å². The summed E-state index contributed by atoms with van der Waals surface area (Å²) in [6, 6.07) is 1.92. The summed E-state index contributed by atoms with van der Waals surface area (Å²) in [4.78, 5) is 10.6. The van der Waals surface area contributed by atoms with Crippen LogP contribution in [-0.4, -0.2) is 11.0 Å². The molecule has 0 radical (unpaired) electrons. The second-order valence-electron chi connectivity index (χ2n) is 2.15. The van der Waals surface area contributed by atoms with Crippen molar-refractivity contribution in [3.05, 3.63) is 28.0 Å². The van der Waals surface area contributed by atoms with Crippen LogP contribution in [0.3, 0.4) is 0 Å². The lowest BCUT2D eigenvalue weighted by atomic mass is 10.2. The third-order valence-electron chi connectivity index (χ3n) is 1.29. The molecule has 0 saturated heterocycles. The van der Waals surface area contributed by atoms with Gasteiger partial charge in [0.25, 0.3) is 5.91 Å². The Balaban J connectivity index is 3.37. The van der Waals surface area contributed by atoms with Gasteiger partial charge in [-0.25, -0.2) is 4.39 Å². The van der Waals surface area contributed by atoms with Gasteiger partial charge in [0, 0.05) is 0 Å². The number of primary amides is 1. The minimum absolute atomic E-state index is 0.108. The molecule has 0 saturated carbocycles. The van der Waals surface area contributed by atoms with Crippen molar-refractivity contribution in [2.24, 2.45) is 5.73 Å². The maximum Gasteiger partial charge on any atom is 0.252 e. The van der Waals surface area contributed by atoms with Crippen LogP contribution in [0.15, 0.2) is 16.6 Å². The first-order chi connectivity index (χ1) is 5.52. The molecular weight excluding hydrogens is 229 g/mol. The third kappa shape index (κ3) is 1.55. The predicted octanol–water partition coefficient (Wildman–Crippen LogP) is 1.39. The highest BCUT2D eigenvalue weighted by Crippen LogP contribution is 2.28. The number of phenols is 1. The Hall–Kier alpha value is -1.10. The highest BCUT2D eigenvalue weighted by molar-refractivity contribution is 9.10. The molecule has 0 aliphatic heterocycles. The lowest BCUT2D eigenvalue weighted by Gasteiger charge is -2.01. The smallest absolute Gasteiger partial charge is 0.252 e. The fraction of sp³-hybridized carbons (Fsp3) is 0. The summed E-state index contributed by atoms with van der Waals surface area (Å²) in [6.07, 6.45) is 0. The minimum Gasteiger partial charge on any atom is -0.506 e. The maximum absolute atomic E-state index is 12.6. The fourth-order valence-electron chi connectivity index (χ4n) is 0.754. The van der Waals surface area contributed by atoms with Crippen molar-refractivity contribution in [1.82, 2.24) is 0 Å². The second-order valence-corrected chi connectivity index (χ2v) is 3.00. The first kappa shape index (κ1) is 8.99. The summed E-state index contributed by atoms with van der Waals surface area (Å²) in [7, 11) is 0. The Morgan fingerprint density at radius 3 is 2.67 bits per heavy atom. The van der Waals surface area contributed by atoms with E-state index < -0.39 is 11.7 Å². The number of hydrogen-bond donors (Lipinski definition) is 2. The van der Waals surface area contributed by atoms with Crippen LogP contribution >= 0.6 is 15.9 Å². The number of rotatable bonds is 1. The maximum atomic E-state index is 12.6. The lowest BCUT2D eigenvalue weighted by molar-refractivity contribution is 0.0997. The Bertz CT molecular complexity index is 340. The second kappa shape index (κ2) is 3.10. The van der Waals surface area contributed by atoms with Gasteiger partial charge in [0.1, 0.15) is 11.6 Å². The topological polar surface area (TPSA) is 63.3 Å². The molecule has 0 aliphatic rings. The Labute approximate surface area is 76.1 Å². The summed E-state index contributed by atoms with van der Waals surface area (Å²) < 4.78 is 12.7. The molecule has 0 aliphatic carbocycles. The van der Waals surface area contributed by atoms with Gasteiger partial charge in [-0.15, -0.1) is 0 Å². The summed E-state index contributed by atoms with van der Waals surface area (Å²) in [6.45, 7) is 0. The van der Waals surface area contributed by atoms with Crippen LogP contribution in [0.1, 0.15) is 10.4 Å². The number of nitrogens with two attached hydrogens (primary N) is 1. The van der Waals surface area contributed by atoms with Crippen molar-refractivity contribution in [2.45, 2.75) is 0 Å². The molecule has 0 bridgehead atoms. The van der Waals surface area contributed by atoms with E-state index in [0.717, 1.165) is 12.1 Å². The monoisotopic (exact) mass is 233 g/mol. The SMILES string of the molecule is NC(=O)c1cc(F)cc(Br)c1O. The Morgan fingerprint density at radius 2 is 2.17 bits per heavy atom. The van der Waals surface area contributed by atoms with Crippen LogP contribution in [0.5, 0.6) is 5.75 Å². The zero-order chi connectivity index (χ0) is 9.30. The number of benzene rings is 1. The molecule has 0 fully saturated rings. The molecular formula is C7H5BrFNO2. The summed E-state index contributed by atoms with van der Waals surface area (Å²) in [5.41, 5.74) is 4.63. The van der Waals surface area contributed by atoms with Gasteiger partial charge in [-0.3, -0.25) is 4.79 Å². The van der Waals surface area contributed by atoms with Crippen molar-refractivity contribution >= 4 is 21.8 Å². The number of hydrogen-bond acceptors (Lipinski definition) is 2. The van der Waals surface area contributed by atoms with Crippen molar-refractivity contribution in [3.8, 4) is 5.75 Å². The molecule has 5 heteroatoms. The van der Waals surface area contributed by atoms with E-state index in [4.69, 9.17) is 5.73 Å². The standard InChI is InChI=1S/C7H5BrFNO2/c8-5-2-3(9)1-4(6(5)11)7(10)12/h1-2,11H,(H2,10,12). The largest absolute Gasteiger partial charge is 0.506 e. The van der Waals surface area contributed by atoms with Gasteiger partial charge in [-0.05, 0) is 28.1 Å². The van der Waals surface area contributed by atoms with Gasteiger partial charge in [0.2, 0.25) is 0 Å². The molecule has 0 atom stereocenters. The fourth-order valence-corrected chi connectivity index (χ4v) is 1.19. The van der Waals surface area contributed by atoms with E-state index in [1.54, 1.807) is 0 Å². The van der Waals surface area contributed by atoms with Crippen molar-refractivity contribution in [2.75, 3.05) is 0 Å². The van der Waals surface area contributed by atoms with E-state index in [-0.39, 0.29) is 15.8 Å². The van der Waals surface area contributed by atoms with E-state index >= 15 is 0 Å².